The number of anilines is 2. The fourth-order valence-electron chi connectivity index (χ4n) is 7.95. The fraction of sp³-hybridized carbons (Fsp3) is 0.341. The topological polar surface area (TPSA) is 185 Å². The SMILES string of the molecule is C=C1C[C@@H](C2OCCN2C(=O)OCC2c3ccccc3-c3ccccc32)N(C(=O)c2cc(OC)c(OCCCCCOc3cc(N)c(C(=O)O)cc3OC)cc2N)C1. The number of carboxylic acids is 1. The first-order valence-corrected chi connectivity index (χ1v) is 19.2. The maximum atomic E-state index is 14.2. The molecule has 0 saturated carbocycles. The Balaban J connectivity index is 0.943. The van der Waals surface area contributed by atoms with Gasteiger partial charge >= 0.3 is 12.1 Å². The van der Waals surface area contributed by atoms with Crippen molar-refractivity contribution in [2.24, 2.45) is 0 Å². The third-order valence-corrected chi connectivity index (χ3v) is 10.8. The molecule has 0 aromatic heterocycles. The minimum atomic E-state index is -1.15. The molecule has 58 heavy (non-hydrogen) atoms. The van der Waals surface area contributed by atoms with Gasteiger partial charge in [0.05, 0.1) is 63.4 Å². The maximum absolute atomic E-state index is 14.2. The number of unbranched alkanes of at least 4 members (excludes halogenated alkanes) is 2. The maximum Gasteiger partial charge on any atom is 0.412 e. The van der Waals surface area contributed by atoms with Crippen LogP contribution < -0.4 is 30.4 Å². The summed E-state index contributed by atoms with van der Waals surface area (Å²) in [6.45, 7) is 5.96. The molecule has 304 valence electrons. The first-order chi connectivity index (χ1) is 28.1. The number of carbonyl (C=O) groups is 3. The molecule has 2 saturated heterocycles. The van der Waals surface area contributed by atoms with E-state index in [4.69, 9.17) is 39.9 Å². The van der Waals surface area contributed by atoms with Crippen molar-refractivity contribution in [2.75, 3.05) is 65.2 Å². The molecule has 5 N–H and O–H groups in total. The van der Waals surface area contributed by atoms with Crippen LogP contribution in [0.1, 0.15) is 63.4 Å². The average molecular weight is 793 g/mol. The van der Waals surface area contributed by atoms with E-state index in [1.54, 1.807) is 21.9 Å². The van der Waals surface area contributed by atoms with Gasteiger partial charge in [0.1, 0.15) is 6.61 Å². The Morgan fingerprint density at radius 2 is 1.36 bits per heavy atom. The molecule has 3 aliphatic rings. The Labute approximate surface area is 336 Å². The Morgan fingerprint density at radius 3 is 1.95 bits per heavy atom. The van der Waals surface area contributed by atoms with Crippen LogP contribution in [0, 0.1) is 0 Å². The predicted octanol–water partition coefficient (Wildman–Crippen LogP) is 6.57. The smallest absolute Gasteiger partial charge is 0.412 e. The first-order valence-electron chi connectivity index (χ1n) is 19.2. The molecule has 14 heteroatoms. The fourth-order valence-corrected chi connectivity index (χ4v) is 7.95. The summed E-state index contributed by atoms with van der Waals surface area (Å²) in [5.41, 5.74) is 18.2. The molecule has 2 atom stereocenters. The van der Waals surface area contributed by atoms with E-state index >= 15 is 0 Å². The zero-order valence-corrected chi connectivity index (χ0v) is 32.6. The molecule has 1 aliphatic carbocycles. The quantitative estimate of drug-likeness (QED) is 0.0669. The van der Waals surface area contributed by atoms with Crippen molar-refractivity contribution in [3.63, 3.8) is 0 Å². The number of aromatic carboxylic acids is 1. The van der Waals surface area contributed by atoms with Gasteiger partial charge in [-0.3, -0.25) is 9.69 Å². The van der Waals surface area contributed by atoms with Gasteiger partial charge in [-0.15, -0.1) is 0 Å². The van der Waals surface area contributed by atoms with Gasteiger partial charge in [0.2, 0.25) is 0 Å². The number of carbonyl (C=O) groups excluding carboxylic acids is 2. The van der Waals surface area contributed by atoms with Gasteiger partial charge in [-0.25, -0.2) is 9.59 Å². The van der Waals surface area contributed by atoms with Crippen molar-refractivity contribution in [3.05, 3.63) is 107 Å². The molecule has 2 heterocycles. The second-order valence-electron chi connectivity index (χ2n) is 14.5. The Bertz CT molecular complexity index is 2160. The molecule has 1 unspecified atom stereocenters. The van der Waals surface area contributed by atoms with E-state index in [-0.39, 0.29) is 53.2 Å². The molecule has 7 rings (SSSR count). The van der Waals surface area contributed by atoms with Crippen LogP contribution in [-0.4, -0.2) is 98.9 Å². The van der Waals surface area contributed by atoms with Crippen LogP contribution in [0.15, 0.2) is 84.9 Å². The summed E-state index contributed by atoms with van der Waals surface area (Å²) in [7, 11) is 2.92. The first kappa shape index (κ1) is 39.8. The predicted molar refractivity (Wildman–Crippen MR) is 217 cm³/mol. The highest BCUT2D eigenvalue weighted by Crippen LogP contribution is 2.45. The van der Waals surface area contributed by atoms with E-state index in [1.165, 1.54) is 26.4 Å². The number of hydrogen-bond acceptors (Lipinski definition) is 11. The lowest BCUT2D eigenvalue weighted by atomic mass is 9.98. The molecule has 2 amide bonds. The standard InChI is InChI=1S/C44H48N4O10/c1-26-19-36(42-47(15-18-57-42)44(52)58-25-33-29-13-7-5-11-27(29)28-12-6-8-14-30(28)33)48(24-26)41(49)31-20-37(53-2)39(22-34(31)45)55-16-9-4-10-17-56-40-23-35(46)32(43(50)51)21-38(40)54-3/h5-8,11-14,20-23,33,36,42H,1,4,9-10,15-19,24-25,45-46H2,2-3H3,(H,50,51)/t36-,42?/m0/s1. The van der Waals surface area contributed by atoms with Gasteiger partial charge in [0, 0.05) is 36.3 Å². The van der Waals surface area contributed by atoms with Crippen molar-refractivity contribution in [1.29, 1.82) is 0 Å². The molecule has 14 nitrogen and oxygen atoms in total. The van der Waals surface area contributed by atoms with Gasteiger partial charge in [0.25, 0.3) is 5.91 Å². The molecular weight excluding hydrogens is 745 g/mol. The molecule has 2 aliphatic heterocycles. The number of methoxy groups -OCH3 is 2. The van der Waals surface area contributed by atoms with Crippen LogP contribution in [-0.2, 0) is 9.47 Å². The molecule has 4 aromatic rings. The van der Waals surface area contributed by atoms with E-state index in [9.17, 15) is 19.5 Å². The number of amides is 2. The minimum absolute atomic E-state index is 0.0562. The van der Waals surface area contributed by atoms with Crippen LogP contribution >= 0.6 is 0 Å². The average Bonchev–Trinajstić information content (AvgIpc) is 3.95. The zero-order valence-electron chi connectivity index (χ0n) is 32.6. The van der Waals surface area contributed by atoms with Gasteiger partial charge in [-0.2, -0.15) is 0 Å². The monoisotopic (exact) mass is 792 g/mol. The highest BCUT2D eigenvalue weighted by atomic mass is 16.6. The Morgan fingerprint density at radius 1 is 0.793 bits per heavy atom. The van der Waals surface area contributed by atoms with Gasteiger partial charge in [-0.05, 0) is 54.0 Å². The number of nitrogen functional groups attached to an aromatic ring is 2. The van der Waals surface area contributed by atoms with E-state index in [0.29, 0.717) is 62.9 Å². The van der Waals surface area contributed by atoms with Crippen molar-refractivity contribution in [3.8, 4) is 34.1 Å². The summed E-state index contributed by atoms with van der Waals surface area (Å²) < 4.78 is 34.8. The van der Waals surface area contributed by atoms with E-state index in [2.05, 4.69) is 30.8 Å². The number of hydrogen-bond donors (Lipinski definition) is 3. The largest absolute Gasteiger partial charge is 0.493 e. The van der Waals surface area contributed by atoms with Crippen LogP contribution in [0.25, 0.3) is 11.1 Å². The number of likely N-dealkylation sites (tertiary alicyclic amines) is 1. The highest BCUT2D eigenvalue weighted by Gasteiger charge is 2.45. The summed E-state index contributed by atoms with van der Waals surface area (Å²) in [5.74, 6) is -0.180. The molecule has 0 radical (unpaired) electrons. The van der Waals surface area contributed by atoms with Gasteiger partial charge < -0.3 is 49.9 Å². The van der Waals surface area contributed by atoms with Crippen LogP contribution in [0.3, 0.4) is 0 Å². The Hall–Kier alpha value is -6.41. The summed E-state index contributed by atoms with van der Waals surface area (Å²) in [6.07, 6.45) is 1.35. The molecule has 0 bridgehead atoms. The lowest BCUT2D eigenvalue weighted by Gasteiger charge is -2.33. The third-order valence-electron chi connectivity index (χ3n) is 10.8. The Kier molecular flexibility index (Phi) is 11.9. The van der Waals surface area contributed by atoms with Crippen molar-refractivity contribution in [2.45, 2.75) is 43.9 Å². The number of benzene rings is 4. The van der Waals surface area contributed by atoms with E-state index < -0.39 is 24.3 Å². The number of nitrogens with zero attached hydrogens (tertiary/aromatic N) is 2. The highest BCUT2D eigenvalue weighted by molar-refractivity contribution is 6.00. The van der Waals surface area contributed by atoms with Gasteiger partial charge in [0.15, 0.2) is 29.2 Å². The van der Waals surface area contributed by atoms with Crippen molar-refractivity contribution >= 4 is 29.3 Å². The van der Waals surface area contributed by atoms with E-state index in [0.717, 1.165) is 34.2 Å². The summed E-state index contributed by atoms with van der Waals surface area (Å²) in [6, 6.07) is 21.8. The normalized spacial score (nSPS) is 17.2. The second kappa shape index (κ2) is 17.4. The van der Waals surface area contributed by atoms with Crippen LogP contribution in [0.2, 0.25) is 0 Å². The number of fused-ring (bicyclic) bond motifs is 3. The molecule has 4 aromatic carbocycles. The lowest BCUT2D eigenvalue weighted by Crippen LogP contribution is -2.51. The summed E-state index contributed by atoms with van der Waals surface area (Å²) in [5, 5.41) is 9.30. The van der Waals surface area contributed by atoms with Crippen LogP contribution in [0.4, 0.5) is 16.2 Å². The lowest BCUT2D eigenvalue weighted by molar-refractivity contribution is -0.0211. The molecule has 0 spiro atoms. The summed E-state index contributed by atoms with van der Waals surface area (Å²) in [4.78, 5) is 42.5. The molecule has 2 fully saturated rings. The second-order valence-corrected chi connectivity index (χ2v) is 14.5. The minimum Gasteiger partial charge on any atom is -0.493 e. The van der Waals surface area contributed by atoms with E-state index in [1.807, 2.05) is 24.3 Å². The van der Waals surface area contributed by atoms with Crippen LogP contribution in [0.5, 0.6) is 23.0 Å². The number of rotatable bonds is 15. The van der Waals surface area contributed by atoms with Gasteiger partial charge in [-0.1, -0.05) is 60.7 Å². The summed E-state index contributed by atoms with van der Waals surface area (Å²) >= 11 is 0. The zero-order chi connectivity index (χ0) is 40.9. The number of carboxylic acid groups (broad SMARTS) is 1. The van der Waals surface area contributed by atoms with Crippen molar-refractivity contribution in [1.82, 2.24) is 9.80 Å². The number of nitrogens with two attached hydrogens (primary N) is 2. The third kappa shape index (κ3) is 8.05. The van der Waals surface area contributed by atoms with Crippen molar-refractivity contribution < 1.29 is 47.9 Å². The number of ether oxygens (including phenoxy) is 6. The molecular formula is C44H48N4O10.